The second-order valence-electron chi connectivity index (χ2n) is 3.51. The molecule has 0 atom stereocenters. The average Bonchev–Trinajstić information content (AvgIpc) is 2.42. The van der Waals surface area contributed by atoms with Gasteiger partial charge in [-0.2, -0.15) is 12.8 Å². The molecule has 0 aromatic heterocycles. The Morgan fingerprint density at radius 3 is 2.21 bits per heavy atom. The summed E-state index contributed by atoms with van der Waals surface area (Å²) in [5.41, 5.74) is 0.599. The molecule has 0 heterocycles. The normalized spacial score (nSPS) is 10.8. The Balaban J connectivity index is 2.25. The monoisotopic (exact) mass is 312 g/mol. The Morgan fingerprint density at radius 1 is 0.947 bits per heavy atom. The Kier molecular flexibility index (Phi) is 4.47. The van der Waals surface area contributed by atoms with Crippen molar-refractivity contribution in [3.05, 3.63) is 59.6 Å². The van der Waals surface area contributed by atoms with Crippen molar-refractivity contribution in [2.24, 2.45) is 8.13 Å². The predicted octanol–water partition coefficient (Wildman–Crippen LogP) is 3.81. The summed E-state index contributed by atoms with van der Waals surface area (Å²) in [4.78, 5) is 0.147. The first kappa shape index (κ1) is 13.9. The summed E-state index contributed by atoms with van der Waals surface area (Å²) in [6, 6.07) is 14.7. The molecule has 2 rings (SSSR count). The van der Waals surface area contributed by atoms with E-state index in [1.54, 1.807) is 42.5 Å². The Morgan fingerprint density at radius 2 is 1.58 bits per heavy atom. The zero-order chi connectivity index (χ0) is 13.7. The van der Waals surface area contributed by atoms with Crippen LogP contribution in [0.2, 0.25) is 5.02 Å². The van der Waals surface area contributed by atoms with Gasteiger partial charge in [-0.15, -0.1) is 0 Å². The summed E-state index contributed by atoms with van der Waals surface area (Å²) in [5.74, 6) is 0. The number of rotatable bonds is 3. The third-order valence-electron chi connectivity index (χ3n) is 2.15. The molecule has 19 heavy (non-hydrogen) atoms. The van der Waals surface area contributed by atoms with E-state index < -0.39 is 10.0 Å². The van der Waals surface area contributed by atoms with E-state index in [0.29, 0.717) is 22.1 Å². The van der Waals surface area contributed by atoms with Crippen molar-refractivity contribution in [1.29, 1.82) is 0 Å². The van der Waals surface area contributed by atoms with Crippen LogP contribution in [-0.2, 0) is 21.4 Å². The van der Waals surface area contributed by atoms with Crippen molar-refractivity contribution < 1.29 is 8.42 Å². The highest BCUT2D eigenvalue weighted by atomic mass is 35.5. The third kappa shape index (κ3) is 3.99. The standard InChI is InChI=1S/C12H9ClN2O2S2/c13-10-6-8-11(9-7-10)14-18-15-19(16,17)12-4-2-1-3-5-12/h1-9H. The first-order valence-corrected chi connectivity index (χ1v) is 7.78. The molecule has 2 aromatic carbocycles. The zero-order valence-corrected chi connectivity index (χ0v) is 12.0. The molecule has 0 radical (unpaired) electrons. The van der Waals surface area contributed by atoms with Crippen LogP contribution < -0.4 is 0 Å². The van der Waals surface area contributed by atoms with E-state index in [1.807, 2.05) is 0 Å². The average molecular weight is 313 g/mol. The van der Waals surface area contributed by atoms with Crippen LogP contribution in [0.4, 0.5) is 5.69 Å². The maximum absolute atomic E-state index is 11.8. The number of sulfonamides is 1. The minimum absolute atomic E-state index is 0.147. The van der Waals surface area contributed by atoms with Crippen molar-refractivity contribution in [3.8, 4) is 0 Å². The van der Waals surface area contributed by atoms with Gasteiger partial charge in [0.25, 0.3) is 10.0 Å². The maximum atomic E-state index is 11.8. The molecule has 0 unspecified atom stereocenters. The van der Waals surface area contributed by atoms with E-state index in [9.17, 15) is 8.42 Å². The fraction of sp³-hybridized carbons (Fsp3) is 0. The smallest absolute Gasteiger partial charge is 0.198 e. The van der Waals surface area contributed by atoms with Crippen LogP contribution in [0.5, 0.6) is 0 Å². The highest BCUT2D eigenvalue weighted by Crippen LogP contribution is 2.16. The van der Waals surface area contributed by atoms with Gasteiger partial charge in [0.15, 0.2) is 0 Å². The maximum Gasteiger partial charge on any atom is 0.293 e. The molecule has 0 amide bonds. The van der Waals surface area contributed by atoms with Crippen LogP contribution >= 0.6 is 11.6 Å². The van der Waals surface area contributed by atoms with Crippen LogP contribution in [0.3, 0.4) is 0 Å². The molecule has 0 aliphatic carbocycles. The zero-order valence-electron chi connectivity index (χ0n) is 9.60. The summed E-state index contributed by atoms with van der Waals surface area (Å²) in [5, 5.41) is 0.595. The van der Waals surface area contributed by atoms with Gasteiger partial charge in [0.05, 0.1) is 21.9 Å². The lowest BCUT2D eigenvalue weighted by Gasteiger charge is -1.94. The molecular weight excluding hydrogens is 304 g/mol. The lowest BCUT2D eigenvalue weighted by molar-refractivity contribution is 0.598. The van der Waals surface area contributed by atoms with E-state index in [0.717, 1.165) is 0 Å². The van der Waals surface area contributed by atoms with E-state index in [4.69, 9.17) is 11.6 Å². The quantitative estimate of drug-likeness (QED) is 0.865. The van der Waals surface area contributed by atoms with Crippen molar-refractivity contribution in [2.45, 2.75) is 4.90 Å². The van der Waals surface area contributed by atoms with Crippen molar-refractivity contribution in [1.82, 2.24) is 0 Å². The van der Waals surface area contributed by atoms with E-state index in [2.05, 4.69) is 8.13 Å². The highest BCUT2D eigenvalue weighted by Gasteiger charge is 2.10. The molecule has 0 N–H and O–H groups in total. The van der Waals surface area contributed by atoms with Crippen LogP contribution in [-0.4, -0.2) is 8.42 Å². The van der Waals surface area contributed by atoms with Crippen LogP contribution in [0.15, 0.2) is 67.6 Å². The molecular formula is C12H9ClN2O2S2. The molecule has 0 fully saturated rings. The molecule has 4 nitrogen and oxygen atoms in total. The van der Waals surface area contributed by atoms with Crippen molar-refractivity contribution >= 4 is 38.7 Å². The van der Waals surface area contributed by atoms with Crippen LogP contribution in [0.25, 0.3) is 0 Å². The summed E-state index contributed by atoms with van der Waals surface area (Å²) in [7, 11) is -3.67. The van der Waals surface area contributed by atoms with E-state index in [-0.39, 0.29) is 4.90 Å². The molecule has 7 heteroatoms. The fourth-order valence-corrected chi connectivity index (χ4v) is 2.92. The Labute approximate surface area is 120 Å². The lowest BCUT2D eigenvalue weighted by Crippen LogP contribution is -1.94. The van der Waals surface area contributed by atoms with Gasteiger partial charge >= 0.3 is 0 Å². The van der Waals surface area contributed by atoms with Gasteiger partial charge in [-0.1, -0.05) is 33.6 Å². The van der Waals surface area contributed by atoms with E-state index in [1.165, 1.54) is 12.1 Å². The molecule has 98 valence electrons. The first-order valence-electron chi connectivity index (χ1n) is 5.23. The molecule has 0 spiro atoms. The number of hydrogen-bond acceptors (Lipinski definition) is 3. The minimum atomic E-state index is -3.67. The van der Waals surface area contributed by atoms with Gasteiger partial charge in [-0.05, 0) is 36.4 Å². The van der Waals surface area contributed by atoms with E-state index >= 15 is 0 Å². The lowest BCUT2D eigenvalue weighted by atomic mass is 10.3. The molecule has 0 saturated heterocycles. The molecule has 0 aliphatic rings. The summed E-state index contributed by atoms with van der Waals surface area (Å²) in [6.07, 6.45) is 0. The summed E-state index contributed by atoms with van der Waals surface area (Å²) in [6.45, 7) is 0. The van der Waals surface area contributed by atoms with Crippen LogP contribution in [0.1, 0.15) is 0 Å². The largest absolute Gasteiger partial charge is 0.293 e. The van der Waals surface area contributed by atoms with Gasteiger partial charge < -0.3 is 0 Å². The first-order chi connectivity index (χ1) is 9.08. The number of benzene rings is 2. The Hall–Kier alpha value is -1.50. The molecule has 0 aliphatic heterocycles. The molecule has 2 aromatic rings. The second-order valence-corrected chi connectivity index (χ2v) is 6.31. The number of hydrogen-bond donors (Lipinski definition) is 0. The summed E-state index contributed by atoms with van der Waals surface area (Å²) < 4.78 is 31.1. The SMILES string of the molecule is O=S(=O)(N=S=Nc1ccc(Cl)cc1)c1ccccc1. The molecule has 0 bridgehead atoms. The number of nitrogens with zero attached hydrogens (tertiary/aromatic N) is 2. The molecule has 0 saturated carbocycles. The van der Waals surface area contributed by atoms with Gasteiger partial charge in [0.1, 0.15) is 0 Å². The second kappa shape index (κ2) is 6.10. The summed E-state index contributed by atoms with van der Waals surface area (Å²) >= 11 is 6.36. The van der Waals surface area contributed by atoms with Crippen molar-refractivity contribution in [3.63, 3.8) is 0 Å². The fourth-order valence-electron chi connectivity index (χ4n) is 1.25. The predicted molar refractivity (Wildman–Crippen MR) is 77.0 cm³/mol. The van der Waals surface area contributed by atoms with Gasteiger partial charge in [0.2, 0.25) is 0 Å². The van der Waals surface area contributed by atoms with Gasteiger partial charge in [-0.25, -0.2) is 0 Å². The van der Waals surface area contributed by atoms with Gasteiger partial charge in [-0.3, -0.25) is 0 Å². The highest BCUT2D eigenvalue weighted by molar-refractivity contribution is 7.93. The topological polar surface area (TPSA) is 58.9 Å². The Bertz CT molecular complexity index is 722. The minimum Gasteiger partial charge on any atom is -0.198 e. The van der Waals surface area contributed by atoms with Gasteiger partial charge in [0, 0.05) is 5.02 Å². The van der Waals surface area contributed by atoms with Crippen LogP contribution in [0, 0.1) is 0 Å². The third-order valence-corrected chi connectivity index (χ3v) is 4.61. The number of halogens is 1. The van der Waals surface area contributed by atoms with Crippen molar-refractivity contribution in [2.75, 3.05) is 0 Å².